The lowest BCUT2D eigenvalue weighted by Crippen LogP contribution is -2.35. The number of nitrogens with one attached hydrogen (secondary N) is 2. The summed E-state index contributed by atoms with van der Waals surface area (Å²) in [5.74, 6) is 0.331. The fourth-order valence-corrected chi connectivity index (χ4v) is 4.46. The number of sulfonamides is 1. The van der Waals surface area contributed by atoms with Crippen molar-refractivity contribution in [3.63, 3.8) is 0 Å². The summed E-state index contributed by atoms with van der Waals surface area (Å²) in [5.41, 5.74) is 1.75. The molecule has 2 amide bonds. The van der Waals surface area contributed by atoms with Crippen LogP contribution in [-0.4, -0.2) is 52.3 Å². The molecule has 0 spiro atoms. The number of carbonyl (C=O) groups excluding carboxylic acids is 2. The average molecular weight is 448 g/mol. The number of fused-ring (bicyclic) bond motifs is 1. The molecule has 3 rings (SSSR count). The molecule has 0 atom stereocenters. The predicted octanol–water partition coefficient (Wildman–Crippen LogP) is 2.24. The number of hydrogen-bond donors (Lipinski definition) is 2. The maximum atomic E-state index is 13.0. The molecule has 1 heterocycles. The fraction of sp³-hybridized carbons (Fsp3) is 0.333. The highest BCUT2D eigenvalue weighted by Gasteiger charge is 2.25. The number of aryl methyl sites for hydroxylation is 1. The first-order valence-corrected chi connectivity index (χ1v) is 11.1. The molecule has 0 saturated carbocycles. The monoisotopic (exact) mass is 447 g/mol. The molecule has 10 heteroatoms. The van der Waals surface area contributed by atoms with Crippen LogP contribution in [0.25, 0.3) is 0 Å². The van der Waals surface area contributed by atoms with Crippen LogP contribution in [0.2, 0.25) is 0 Å². The lowest BCUT2D eigenvalue weighted by atomic mass is 10.1. The number of ether oxygens (including phenoxy) is 2. The first-order valence-electron chi connectivity index (χ1n) is 9.65. The molecule has 0 saturated heterocycles. The minimum Gasteiger partial charge on any atom is -0.497 e. The maximum Gasteiger partial charge on any atom is 0.243 e. The van der Waals surface area contributed by atoms with Crippen molar-refractivity contribution in [2.24, 2.45) is 0 Å². The Hall–Kier alpha value is -3.11. The predicted molar refractivity (Wildman–Crippen MR) is 116 cm³/mol. The number of methoxy groups -OCH3 is 2. The summed E-state index contributed by atoms with van der Waals surface area (Å²) in [4.78, 5) is 24.3. The first kappa shape index (κ1) is 22.6. The summed E-state index contributed by atoms with van der Waals surface area (Å²) in [6, 6.07) is 9.48. The van der Waals surface area contributed by atoms with Gasteiger partial charge in [0.1, 0.15) is 11.5 Å². The number of anilines is 2. The molecule has 166 valence electrons. The van der Waals surface area contributed by atoms with Crippen molar-refractivity contribution in [2.45, 2.75) is 24.2 Å². The zero-order valence-electron chi connectivity index (χ0n) is 17.6. The van der Waals surface area contributed by atoms with Gasteiger partial charge in [-0.2, -0.15) is 4.31 Å². The van der Waals surface area contributed by atoms with Gasteiger partial charge in [-0.25, -0.2) is 8.42 Å². The third kappa shape index (κ3) is 5.15. The largest absolute Gasteiger partial charge is 0.497 e. The highest BCUT2D eigenvalue weighted by Crippen LogP contribution is 2.29. The Labute approximate surface area is 181 Å². The Morgan fingerprint density at radius 1 is 1.13 bits per heavy atom. The van der Waals surface area contributed by atoms with Crippen LogP contribution in [0.15, 0.2) is 41.3 Å². The van der Waals surface area contributed by atoms with Crippen LogP contribution < -0.4 is 20.1 Å². The van der Waals surface area contributed by atoms with Gasteiger partial charge in [-0.3, -0.25) is 9.59 Å². The highest BCUT2D eigenvalue weighted by molar-refractivity contribution is 7.89. The molecular weight excluding hydrogens is 422 g/mol. The second-order valence-electron chi connectivity index (χ2n) is 7.10. The number of nitrogens with zero attached hydrogens (tertiary/aromatic N) is 1. The van der Waals surface area contributed by atoms with Crippen molar-refractivity contribution >= 4 is 33.2 Å². The molecule has 2 aromatic carbocycles. The van der Waals surface area contributed by atoms with Gasteiger partial charge in [-0.1, -0.05) is 0 Å². The molecule has 1 aliphatic heterocycles. The van der Waals surface area contributed by atoms with E-state index in [2.05, 4.69) is 10.6 Å². The minimum absolute atomic E-state index is 0.0664. The van der Waals surface area contributed by atoms with E-state index in [1.54, 1.807) is 30.3 Å². The summed E-state index contributed by atoms with van der Waals surface area (Å²) in [7, 11) is 0.395. The number of rotatable bonds is 7. The summed E-state index contributed by atoms with van der Waals surface area (Å²) < 4.78 is 37.3. The van der Waals surface area contributed by atoms with Crippen LogP contribution in [0.4, 0.5) is 11.4 Å². The average Bonchev–Trinajstić information content (AvgIpc) is 2.93. The molecule has 0 aromatic heterocycles. The van der Waals surface area contributed by atoms with E-state index in [1.165, 1.54) is 27.3 Å². The van der Waals surface area contributed by atoms with Crippen LogP contribution >= 0.6 is 0 Å². The molecule has 9 nitrogen and oxygen atoms in total. The van der Waals surface area contributed by atoms with Gasteiger partial charge >= 0.3 is 0 Å². The van der Waals surface area contributed by atoms with Crippen molar-refractivity contribution < 1.29 is 27.5 Å². The summed E-state index contributed by atoms with van der Waals surface area (Å²) in [6.45, 7) is -0.392. The van der Waals surface area contributed by atoms with Crippen LogP contribution in [-0.2, 0) is 26.0 Å². The quantitative estimate of drug-likeness (QED) is 0.673. The van der Waals surface area contributed by atoms with Crippen molar-refractivity contribution in [1.29, 1.82) is 0 Å². The number of carbonyl (C=O) groups is 2. The van der Waals surface area contributed by atoms with Crippen LogP contribution in [0.3, 0.4) is 0 Å². The van der Waals surface area contributed by atoms with Gasteiger partial charge in [-0.15, -0.1) is 0 Å². The Morgan fingerprint density at radius 2 is 1.90 bits per heavy atom. The molecule has 2 aromatic rings. The number of amides is 2. The van der Waals surface area contributed by atoms with E-state index in [9.17, 15) is 18.0 Å². The number of benzene rings is 2. The van der Waals surface area contributed by atoms with Crippen LogP contribution in [0.1, 0.15) is 18.4 Å². The smallest absolute Gasteiger partial charge is 0.243 e. The van der Waals surface area contributed by atoms with Crippen LogP contribution in [0, 0.1) is 0 Å². The second kappa shape index (κ2) is 9.36. The van der Waals surface area contributed by atoms with Crippen LogP contribution in [0.5, 0.6) is 11.5 Å². The minimum atomic E-state index is -3.91. The molecule has 1 aliphatic rings. The first-order chi connectivity index (χ1) is 14.7. The summed E-state index contributed by atoms with van der Waals surface area (Å²) in [5, 5.41) is 5.43. The zero-order chi connectivity index (χ0) is 22.6. The topological polar surface area (TPSA) is 114 Å². The van der Waals surface area contributed by atoms with Gasteiger partial charge in [0.2, 0.25) is 21.8 Å². The Kier molecular flexibility index (Phi) is 6.81. The molecule has 0 radical (unpaired) electrons. The SMILES string of the molecule is COc1ccc(OC)c(NC(=O)CN(C)S(=O)(=O)c2ccc3c(c2)CCCC(=O)N3)c1. The Balaban J connectivity index is 1.75. The molecule has 31 heavy (non-hydrogen) atoms. The molecular formula is C21H25N3O6S. The van der Waals surface area contributed by atoms with Gasteiger partial charge in [0.05, 0.1) is 31.3 Å². The molecule has 0 fully saturated rings. The normalized spacial score (nSPS) is 13.7. The molecule has 0 bridgehead atoms. The summed E-state index contributed by atoms with van der Waals surface area (Å²) in [6.07, 6.45) is 1.63. The van der Waals surface area contributed by atoms with Gasteiger partial charge < -0.3 is 20.1 Å². The number of hydrogen-bond acceptors (Lipinski definition) is 6. The molecule has 2 N–H and O–H groups in total. The third-order valence-electron chi connectivity index (χ3n) is 4.96. The Bertz CT molecular complexity index is 1100. The lowest BCUT2D eigenvalue weighted by Gasteiger charge is -2.19. The van der Waals surface area contributed by atoms with Crippen molar-refractivity contribution in [3.8, 4) is 11.5 Å². The van der Waals surface area contributed by atoms with Gasteiger partial charge in [0.15, 0.2) is 0 Å². The van der Waals surface area contributed by atoms with E-state index < -0.39 is 22.5 Å². The van der Waals surface area contributed by atoms with E-state index in [4.69, 9.17) is 9.47 Å². The second-order valence-corrected chi connectivity index (χ2v) is 9.14. The maximum absolute atomic E-state index is 13.0. The van der Waals surface area contributed by atoms with Gasteiger partial charge in [-0.05, 0) is 48.7 Å². The van der Waals surface area contributed by atoms with Crippen molar-refractivity contribution in [1.82, 2.24) is 4.31 Å². The van der Waals surface area contributed by atoms with E-state index in [1.807, 2.05) is 0 Å². The zero-order valence-corrected chi connectivity index (χ0v) is 18.4. The van der Waals surface area contributed by atoms with Crippen molar-refractivity contribution in [3.05, 3.63) is 42.0 Å². The summed E-state index contributed by atoms with van der Waals surface area (Å²) >= 11 is 0. The van der Waals surface area contributed by atoms with E-state index in [0.717, 1.165) is 9.87 Å². The van der Waals surface area contributed by atoms with E-state index >= 15 is 0 Å². The van der Waals surface area contributed by atoms with Crippen molar-refractivity contribution in [2.75, 3.05) is 38.4 Å². The number of likely N-dealkylation sites (N-methyl/N-ethyl adjacent to an activating group) is 1. The highest BCUT2D eigenvalue weighted by atomic mass is 32.2. The van der Waals surface area contributed by atoms with E-state index in [-0.39, 0.29) is 10.8 Å². The van der Waals surface area contributed by atoms with Gasteiger partial charge in [0, 0.05) is 25.2 Å². The Morgan fingerprint density at radius 3 is 2.61 bits per heavy atom. The molecule has 0 aliphatic carbocycles. The lowest BCUT2D eigenvalue weighted by molar-refractivity contribution is -0.117. The standard InChI is InChI=1S/C21H25N3O6S/c1-24(13-21(26)23-18-12-15(29-2)7-10-19(18)30-3)31(27,28)16-8-9-17-14(11-16)5-4-6-20(25)22-17/h7-12H,4-6,13H2,1-3H3,(H,22,25)(H,23,26). The van der Waals surface area contributed by atoms with E-state index in [0.29, 0.717) is 42.1 Å². The molecule has 0 unspecified atom stereocenters. The third-order valence-corrected chi connectivity index (χ3v) is 6.76. The fourth-order valence-electron chi connectivity index (χ4n) is 3.28. The van der Waals surface area contributed by atoms with Gasteiger partial charge in [0.25, 0.3) is 0 Å².